The zero-order valence-electron chi connectivity index (χ0n) is 16.5. The van der Waals surface area contributed by atoms with Gasteiger partial charge in [-0.1, -0.05) is 25.2 Å². The first-order valence-corrected chi connectivity index (χ1v) is 11.5. The predicted molar refractivity (Wildman–Crippen MR) is 109 cm³/mol. The minimum Gasteiger partial charge on any atom is -0.496 e. The number of methoxy groups -OCH3 is 1. The molecule has 11 heteroatoms. The summed E-state index contributed by atoms with van der Waals surface area (Å²) in [4.78, 5) is 12.8. The van der Waals surface area contributed by atoms with Crippen molar-refractivity contribution < 1.29 is 22.7 Å². The first kappa shape index (κ1) is 21.6. The second kappa shape index (κ2) is 9.16. The number of carbonyl (C=O) groups is 1. The number of nitrogens with zero attached hydrogens (tertiary/aromatic N) is 3. The van der Waals surface area contributed by atoms with Gasteiger partial charge >= 0.3 is 0 Å². The Balaban J connectivity index is 1.84. The number of amides is 1. The molecule has 29 heavy (non-hydrogen) atoms. The van der Waals surface area contributed by atoms with Crippen LogP contribution in [0.1, 0.15) is 29.2 Å². The second-order valence-corrected chi connectivity index (χ2v) is 9.93. The lowest BCUT2D eigenvalue weighted by molar-refractivity contribution is 0.0730. The summed E-state index contributed by atoms with van der Waals surface area (Å²) in [7, 11) is -2.31. The van der Waals surface area contributed by atoms with Gasteiger partial charge in [-0.25, -0.2) is 8.42 Å². The highest BCUT2D eigenvalue weighted by Crippen LogP contribution is 2.27. The molecule has 1 aromatic carbocycles. The number of anilines is 1. The Kier molecular flexibility index (Phi) is 6.83. The molecule has 1 aliphatic heterocycles. The minimum absolute atomic E-state index is 0.0307. The number of rotatable bonds is 7. The molecule has 1 aliphatic rings. The predicted octanol–water partition coefficient (Wildman–Crippen LogP) is 2.02. The number of aromatic nitrogens is 2. The first-order valence-electron chi connectivity index (χ1n) is 9.21. The Morgan fingerprint density at radius 2 is 2.03 bits per heavy atom. The molecule has 0 saturated carbocycles. The largest absolute Gasteiger partial charge is 0.496 e. The summed E-state index contributed by atoms with van der Waals surface area (Å²) < 4.78 is 37.6. The van der Waals surface area contributed by atoms with E-state index in [-0.39, 0.29) is 29.3 Å². The third-order valence-electron chi connectivity index (χ3n) is 4.29. The zero-order chi connectivity index (χ0) is 21.0. The van der Waals surface area contributed by atoms with Crippen LogP contribution in [-0.2, 0) is 21.2 Å². The molecule has 0 spiro atoms. The van der Waals surface area contributed by atoms with E-state index < -0.39 is 15.9 Å². The average Bonchev–Trinajstić information content (AvgIpc) is 3.14. The Labute approximate surface area is 174 Å². The summed E-state index contributed by atoms with van der Waals surface area (Å²) >= 11 is 1.29. The van der Waals surface area contributed by atoms with E-state index in [0.29, 0.717) is 24.3 Å². The van der Waals surface area contributed by atoms with Crippen LogP contribution in [0, 0.1) is 5.92 Å². The summed E-state index contributed by atoms with van der Waals surface area (Å²) in [5, 5.41) is 11.9. The molecule has 3 rings (SSSR count). The first-order chi connectivity index (χ1) is 13.8. The maximum absolute atomic E-state index is 12.9. The smallest absolute Gasteiger partial charge is 0.261 e. The third kappa shape index (κ3) is 5.10. The number of nitrogens with one attached hydrogen (secondary N) is 1. The minimum atomic E-state index is -3.73. The fraction of sp³-hybridized carbons (Fsp3) is 0.500. The summed E-state index contributed by atoms with van der Waals surface area (Å²) in [6, 6.07) is 4.24. The van der Waals surface area contributed by atoms with Gasteiger partial charge in [-0.3, -0.25) is 10.1 Å². The molecule has 2 heterocycles. The van der Waals surface area contributed by atoms with Crippen LogP contribution in [0.25, 0.3) is 0 Å². The molecule has 1 amide bonds. The van der Waals surface area contributed by atoms with Crippen LogP contribution in [0.15, 0.2) is 23.1 Å². The number of hydrogen-bond acceptors (Lipinski definition) is 8. The van der Waals surface area contributed by atoms with Gasteiger partial charge in [0.15, 0.2) is 0 Å². The van der Waals surface area contributed by atoms with E-state index in [2.05, 4.69) is 29.4 Å². The zero-order valence-corrected chi connectivity index (χ0v) is 18.2. The Hall–Kier alpha value is -2.08. The summed E-state index contributed by atoms with van der Waals surface area (Å²) in [6.07, 6.45) is 0.768. The van der Waals surface area contributed by atoms with Crippen molar-refractivity contribution in [2.45, 2.75) is 25.2 Å². The van der Waals surface area contributed by atoms with E-state index in [0.717, 1.165) is 11.4 Å². The van der Waals surface area contributed by atoms with Crippen LogP contribution in [0.5, 0.6) is 5.75 Å². The molecule has 2 aromatic rings. The number of sulfonamides is 1. The molecule has 9 nitrogen and oxygen atoms in total. The van der Waals surface area contributed by atoms with E-state index >= 15 is 0 Å². The van der Waals surface area contributed by atoms with E-state index in [1.165, 1.54) is 41.0 Å². The van der Waals surface area contributed by atoms with Crippen LogP contribution < -0.4 is 10.1 Å². The summed E-state index contributed by atoms with van der Waals surface area (Å²) in [6.45, 7) is 5.39. The van der Waals surface area contributed by atoms with Gasteiger partial charge in [0.25, 0.3) is 5.91 Å². The highest BCUT2D eigenvalue weighted by Gasteiger charge is 2.28. The standard InChI is InChI=1S/C18H24N4O5S2/c1-12(2)10-16-20-21-18(28-16)19-17(23)14-11-13(4-5-15(14)26-3)29(24,25)22-6-8-27-9-7-22/h4-5,11-12H,6-10H2,1-3H3,(H,19,21,23). The lowest BCUT2D eigenvalue weighted by Crippen LogP contribution is -2.40. The van der Waals surface area contributed by atoms with Crippen molar-refractivity contribution in [2.75, 3.05) is 38.7 Å². The number of morpholine rings is 1. The Morgan fingerprint density at radius 1 is 1.31 bits per heavy atom. The molecule has 1 fully saturated rings. The lowest BCUT2D eigenvalue weighted by Gasteiger charge is -2.26. The molecule has 0 aliphatic carbocycles. The number of carbonyl (C=O) groups excluding carboxylic acids is 1. The van der Waals surface area contributed by atoms with Crippen molar-refractivity contribution in [1.29, 1.82) is 0 Å². The van der Waals surface area contributed by atoms with Gasteiger partial charge in [0.1, 0.15) is 10.8 Å². The van der Waals surface area contributed by atoms with E-state index in [9.17, 15) is 13.2 Å². The van der Waals surface area contributed by atoms with E-state index in [4.69, 9.17) is 9.47 Å². The molecular formula is C18H24N4O5S2. The van der Waals surface area contributed by atoms with Gasteiger partial charge in [-0.15, -0.1) is 10.2 Å². The van der Waals surface area contributed by atoms with Gasteiger partial charge < -0.3 is 9.47 Å². The quantitative estimate of drug-likeness (QED) is 0.701. The van der Waals surface area contributed by atoms with Gasteiger partial charge in [0.2, 0.25) is 15.2 Å². The SMILES string of the molecule is COc1ccc(S(=O)(=O)N2CCOCC2)cc1C(=O)Nc1nnc(CC(C)C)s1. The van der Waals surface area contributed by atoms with Gasteiger partial charge in [-0.05, 0) is 24.1 Å². The molecule has 0 bridgehead atoms. The van der Waals surface area contributed by atoms with Crippen molar-refractivity contribution in [1.82, 2.24) is 14.5 Å². The van der Waals surface area contributed by atoms with Crippen molar-refractivity contribution in [2.24, 2.45) is 5.92 Å². The number of benzene rings is 1. The maximum Gasteiger partial charge on any atom is 0.261 e. The van der Waals surface area contributed by atoms with E-state index in [1.54, 1.807) is 0 Å². The average molecular weight is 441 g/mol. The van der Waals surface area contributed by atoms with Crippen LogP contribution >= 0.6 is 11.3 Å². The maximum atomic E-state index is 12.9. The molecule has 1 aromatic heterocycles. The molecule has 158 valence electrons. The van der Waals surface area contributed by atoms with Gasteiger partial charge in [-0.2, -0.15) is 4.31 Å². The van der Waals surface area contributed by atoms with Crippen molar-refractivity contribution in [3.8, 4) is 5.75 Å². The summed E-state index contributed by atoms with van der Waals surface area (Å²) in [5.41, 5.74) is 0.113. The number of hydrogen-bond donors (Lipinski definition) is 1. The molecule has 0 atom stereocenters. The molecular weight excluding hydrogens is 416 g/mol. The van der Waals surface area contributed by atoms with Crippen molar-refractivity contribution in [3.05, 3.63) is 28.8 Å². The molecule has 1 N–H and O–H groups in total. The Bertz CT molecular complexity index is 968. The third-order valence-corrected chi connectivity index (χ3v) is 7.05. The second-order valence-electron chi connectivity index (χ2n) is 6.93. The van der Waals surface area contributed by atoms with Crippen LogP contribution in [0.3, 0.4) is 0 Å². The molecule has 0 radical (unpaired) electrons. The van der Waals surface area contributed by atoms with Crippen LogP contribution in [0.2, 0.25) is 0 Å². The highest BCUT2D eigenvalue weighted by atomic mass is 32.2. The fourth-order valence-corrected chi connectivity index (χ4v) is 5.24. The van der Waals surface area contributed by atoms with Crippen molar-refractivity contribution >= 4 is 32.4 Å². The number of ether oxygens (including phenoxy) is 2. The van der Waals surface area contributed by atoms with Gasteiger partial charge in [0, 0.05) is 19.5 Å². The molecule has 1 saturated heterocycles. The van der Waals surface area contributed by atoms with Gasteiger partial charge in [0.05, 0.1) is 30.8 Å². The topological polar surface area (TPSA) is 111 Å². The van der Waals surface area contributed by atoms with Crippen LogP contribution in [-0.4, -0.2) is 62.2 Å². The Morgan fingerprint density at radius 3 is 2.69 bits per heavy atom. The fourth-order valence-electron chi connectivity index (χ4n) is 2.86. The summed E-state index contributed by atoms with van der Waals surface area (Å²) in [5.74, 6) is 0.192. The lowest BCUT2D eigenvalue weighted by atomic mass is 10.1. The van der Waals surface area contributed by atoms with E-state index in [1.807, 2.05) is 0 Å². The molecule has 0 unspecified atom stereocenters. The monoisotopic (exact) mass is 440 g/mol. The van der Waals surface area contributed by atoms with Crippen molar-refractivity contribution in [3.63, 3.8) is 0 Å². The van der Waals surface area contributed by atoms with Crippen LogP contribution in [0.4, 0.5) is 5.13 Å². The highest BCUT2D eigenvalue weighted by molar-refractivity contribution is 7.89. The normalized spacial score (nSPS) is 15.4.